The number of carboxylic acids is 1. The van der Waals surface area contributed by atoms with Crippen LogP contribution in [0.1, 0.15) is 6.92 Å². The highest BCUT2D eigenvalue weighted by Gasteiger charge is 2.40. The number of benzene rings is 1. The van der Waals surface area contributed by atoms with Gasteiger partial charge in [-0.1, -0.05) is 6.92 Å². The molecule has 0 amide bonds. The molecule has 1 aromatic carbocycles. The molecule has 21 heavy (non-hydrogen) atoms. The fraction of sp³-hybridized carbons (Fsp3) is 0.462. The molecule has 1 aromatic rings. The maximum absolute atomic E-state index is 12.6. The van der Waals surface area contributed by atoms with Gasteiger partial charge in [0.15, 0.2) is 0 Å². The normalized spacial score (nSPS) is 23.2. The Labute approximate surface area is 131 Å². The van der Waals surface area contributed by atoms with Gasteiger partial charge in [-0.05, 0) is 34.0 Å². The Hall–Kier alpha value is -1.12. The monoisotopic (exact) mass is 377 g/mol. The second kappa shape index (κ2) is 5.94. The number of hydrogen-bond donors (Lipinski definition) is 1. The van der Waals surface area contributed by atoms with Crippen LogP contribution >= 0.6 is 15.9 Å². The quantitative estimate of drug-likeness (QED) is 0.864. The van der Waals surface area contributed by atoms with E-state index in [1.165, 1.54) is 23.5 Å². The zero-order valence-corrected chi connectivity index (χ0v) is 14.0. The van der Waals surface area contributed by atoms with Crippen LogP contribution in [0.3, 0.4) is 0 Å². The van der Waals surface area contributed by atoms with E-state index in [0.29, 0.717) is 10.2 Å². The Bertz CT molecular complexity index is 661. The molecule has 0 aliphatic carbocycles. The highest BCUT2D eigenvalue weighted by molar-refractivity contribution is 9.10. The van der Waals surface area contributed by atoms with Crippen molar-refractivity contribution in [3.63, 3.8) is 0 Å². The minimum Gasteiger partial charge on any atom is -0.496 e. The van der Waals surface area contributed by atoms with Crippen molar-refractivity contribution in [3.8, 4) is 5.75 Å². The second-order valence-corrected chi connectivity index (χ2v) is 7.83. The zero-order chi connectivity index (χ0) is 15.8. The topological polar surface area (TPSA) is 83.9 Å². The van der Waals surface area contributed by atoms with Crippen molar-refractivity contribution < 1.29 is 23.1 Å². The molecule has 0 radical (unpaired) electrons. The molecule has 8 heteroatoms. The molecule has 0 aromatic heterocycles. The molecule has 0 spiro atoms. The number of methoxy groups -OCH3 is 1. The number of carbonyl (C=O) groups is 1. The summed E-state index contributed by atoms with van der Waals surface area (Å²) in [7, 11) is -2.26. The number of sulfonamides is 1. The Morgan fingerprint density at radius 1 is 1.43 bits per heavy atom. The first-order valence-electron chi connectivity index (χ1n) is 6.34. The van der Waals surface area contributed by atoms with Crippen LogP contribution in [-0.4, -0.2) is 44.0 Å². The number of halogens is 1. The third kappa shape index (κ3) is 3.07. The van der Waals surface area contributed by atoms with Crippen molar-refractivity contribution in [2.45, 2.75) is 11.8 Å². The van der Waals surface area contributed by atoms with Crippen molar-refractivity contribution in [1.82, 2.24) is 4.31 Å². The summed E-state index contributed by atoms with van der Waals surface area (Å²) >= 11 is 3.27. The number of carboxylic acid groups (broad SMARTS) is 1. The average Bonchev–Trinajstić information content (AvgIpc) is 2.82. The lowest BCUT2D eigenvalue weighted by Crippen LogP contribution is -2.30. The Balaban J connectivity index is 2.33. The first kappa shape index (κ1) is 16.3. The van der Waals surface area contributed by atoms with Gasteiger partial charge >= 0.3 is 5.97 Å². The summed E-state index contributed by atoms with van der Waals surface area (Å²) in [6.07, 6.45) is 0. The van der Waals surface area contributed by atoms with Crippen LogP contribution in [0.4, 0.5) is 0 Å². The maximum Gasteiger partial charge on any atom is 0.308 e. The van der Waals surface area contributed by atoms with Crippen LogP contribution in [-0.2, 0) is 14.8 Å². The molecule has 1 saturated heterocycles. The fourth-order valence-electron chi connectivity index (χ4n) is 2.39. The van der Waals surface area contributed by atoms with Crippen LogP contribution in [0.2, 0.25) is 0 Å². The number of nitrogens with zero attached hydrogens (tertiary/aromatic N) is 1. The lowest BCUT2D eigenvalue weighted by molar-refractivity contribution is -0.142. The Kier molecular flexibility index (Phi) is 4.60. The van der Waals surface area contributed by atoms with Gasteiger partial charge in [0.05, 0.1) is 22.4 Å². The van der Waals surface area contributed by atoms with E-state index in [4.69, 9.17) is 9.84 Å². The van der Waals surface area contributed by atoms with Gasteiger partial charge in [-0.3, -0.25) is 4.79 Å². The van der Waals surface area contributed by atoms with E-state index >= 15 is 0 Å². The van der Waals surface area contributed by atoms with Gasteiger partial charge in [0, 0.05) is 19.2 Å². The molecule has 2 rings (SSSR count). The Morgan fingerprint density at radius 3 is 2.62 bits per heavy atom. The molecule has 0 bridgehead atoms. The molecule has 1 aliphatic rings. The van der Waals surface area contributed by atoms with Gasteiger partial charge in [-0.15, -0.1) is 0 Å². The molecule has 1 N–H and O–H groups in total. The third-order valence-electron chi connectivity index (χ3n) is 3.66. The molecule has 0 unspecified atom stereocenters. The number of hydrogen-bond acceptors (Lipinski definition) is 4. The number of ether oxygens (including phenoxy) is 1. The van der Waals surface area contributed by atoms with Crippen molar-refractivity contribution in [3.05, 3.63) is 22.7 Å². The van der Waals surface area contributed by atoms with E-state index in [1.54, 1.807) is 13.0 Å². The molecule has 6 nitrogen and oxygen atoms in total. The first-order chi connectivity index (χ1) is 9.77. The summed E-state index contributed by atoms with van der Waals surface area (Å²) in [5.41, 5.74) is 0. The van der Waals surface area contributed by atoms with Crippen LogP contribution in [0, 0.1) is 11.8 Å². The van der Waals surface area contributed by atoms with Crippen LogP contribution < -0.4 is 4.74 Å². The molecular weight excluding hydrogens is 362 g/mol. The fourth-order valence-corrected chi connectivity index (χ4v) is 4.38. The maximum atomic E-state index is 12.6. The SMILES string of the molecule is COc1cc(S(=O)(=O)N2C[C@@H](C)[C@H](C(=O)O)C2)ccc1Br. The summed E-state index contributed by atoms with van der Waals surface area (Å²) in [4.78, 5) is 11.2. The molecular formula is C13H16BrNO5S. The van der Waals surface area contributed by atoms with Crippen molar-refractivity contribution >= 4 is 31.9 Å². The molecule has 1 fully saturated rings. The second-order valence-electron chi connectivity index (χ2n) is 5.04. The molecule has 1 heterocycles. The highest BCUT2D eigenvalue weighted by atomic mass is 79.9. The van der Waals surface area contributed by atoms with E-state index < -0.39 is 21.9 Å². The summed E-state index contributed by atoms with van der Waals surface area (Å²) in [5.74, 6) is -1.43. The van der Waals surface area contributed by atoms with Crippen LogP contribution in [0.25, 0.3) is 0 Å². The molecule has 2 atom stereocenters. The van der Waals surface area contributed by atoms with Crippen LogP contribution in [0.5, 0.6) is 5.75 Å². The molecule has 1 aliphatic heterocycles. The zero-order valence-electron chi connectivity index (χ0n) is 11.6. The minimum atomic E-state index is -3.72. The van der Waals surface area contributed by atoms with Gasteiger partial charge in [0.25, 0.3) is 0 Å². The third-order valence-corrected chi connectivity index (χ3v) is 6.14. The first-order valence-corrected chi connectivity index (χ1v) is 8.57. The summed E-state index contributed by atoms with van der Waals surface area (Å²) in [5, 5.41) is 9.11. The van der Waals surface area contributed by atoms with Crippen molar-refractivity contribution in [2.75, 3.05) is 20.2 Å². The molecule has 116 valence electrons. The van der Waals surface area contributed by atoms with Crippen molar-refractivity contribution in [2.24, 2.45) is 11.8 Å². The van der Waals surface area contributed by atoms with Crippen molar-refractivity contribution in [1.29, 1.82) is 0 Å². The van der Waals surface area contributed by atoms with E-state index in [2.05, 4.69) is 15.9 Å². The average molecular weight is 378 g/mol. The van der Waals surface area contributed by atoms with E-state index in [1.807, 2.05) is 0 Å². The van der Waals surface area contributed by atoms with E-state index in [0.717, 1.165) is 0 Å². The van der Waals surface area contributed by atoms with Gasteiger partial charge < -0.3 is 9.84 Å². The lowest BCUT2D eigenvalue weighted by atomic mass is 9.99. The van der Waals surface area contributed by atoms with E-state index in [9.17, 15) is 13.2 Å². The van der Waals surface area contributed by atoms with Gasteiger partial charge in [-0.2, -0.15) is 4.31 Å². The minimum absolute atomic E-state index is 0.00277. The summed E-state index contributed by atoms with van der Waals surface area (Å²) in [6.45, 7) is 1.95. The number of rotatable bonds is 4. The van der Waals surface area contributed by atoms with Gasteiger partial charge in [0.1, 0.15) is 5.75 Å². The summed E-state index contributed by atoms with van der Waals surface area (Å²) < 4.78 is 32.2. The lowest BCUT2D eigenvalue weighted by Gasteiger charge is -2.17. The predicted octanol–water partition coefficient (Wildman–Crippen LogP) is 1.80. The summed E-state index contributed by atoms with van der Waals surface area (Å²) in [6, 6.07) is 4.50. The molecule has 0 saturated carbocycles. The van der Waals surface area contributed by atoms with E-state index in [-0.39, 0.29) is 23.9 Å². The van der Waals surface area contributed by atoms with Crippen LogP contribution in [0.15, 0.2) is 27.6 Å². The standard InChI is InChI=1S/C13H16BrNO5S/c1-8-6-15(7-10(8)13(16)17)21(18,19)9-3-4-11(14)12(5-9)20-2/h3-5,8,10H,6-7H2,1-2H3,(H,16,17)/t8-,10-/m1/s1. The largest absolute Gasteiger partial charge is 0.496 e. The predicted molar refractivity (Wildman–Crippen MR) is 79.7 cm³/mol. The van der Waals surface area contributed by atoms with Gasteiger partial charge in [0.2, 0.25) is 10.0 Å². The van der Waals surface area contributed by atoms with Gasteiger partial charge in [-0.25, -0.2) is 8.42 Å². The highest BCUT2D eigenvalue weighted by Crippen LogP contribution is 2.32. The smallest absolute Gasteiger partial charge is 0.308 e. The Morgan fingerprint density at radius 2 is 2.10 bits per heavy atom. The number of aliphatic carboxylic acids is 1.